The van der Waals surface area contributed by atoms with Crippen LogP contribution < -0.4 is 15.4 Å². The average molecular weight is 474 g/mol. The number of hydrogen-bond donors (Lipinski definition) is 2. The van der Waals surface area contributed by atoms with E-state index >= 15 is 0 Å². The first-order valence-electron chi connectivity index (χ1n) is 10.5. The lowest BCUT2D eigenvalue weighted by molar-refractivity contribution is -0.136. The van der Waals surface area contributed by atoms with Gasteiger partial charge in [0.15, 0.2) is 0 Å². The van der Waals surface area contributed by atoms with Gasteiger partial charge in [-0.2, -0.15) is 13.2 Å². The number of rotatable bonds is 8. The van der Waals surface area contributed by atoms with E-state index in [1.54, 1.807) is 24.3 Å². The smallest absolute Gasteiger partial charge is 0.418 e. The highest BCUT2D eigenvalue weighted by molar-refractivity contribution is 6.04. The van der Waals surface area contributed by atoms with Crippen LogP contribution in [0.1, 0.15) is 34.8 Å². The molecule has 0 unspecified atom stereocenters. The van der Waals surface area contributed by atoms with Gasteiger partial charge in [0.2, 0.25) is 5.91 Å². The summed E-state index contributed by atoms with van der Waals surface area (Å²) in [5.41, 5.74) is -0.702. The lowest BCUT2D eigenvalue weighted by atomic mass is 10.1. The molecule has 0 aliphatic heterocycles. The Bertz CT molecular complexity index is 1140. The number of carbonyl (C=O) groups excluding carboxylic acids is 2. The van der Waals surface area contributed by atoms with Crippen molar-refractivity contribution in [2.75, 3.05) is 17.2 Å². The molecule has 0 saturated heterocycles. The zero-order chi connectivity index (χ0) is 24.7. The number of carbonyl (C=O) groups is 2. The lowest BCUT2D eigenvalue weighted by Gasteiger charge is -2.16. The van der Waals surface area contributed by atoms with E-state index in [4.69, 9.17) is 4.74 Å². The third kappa shape index (κ3) is 6.81. The van der Waals surface area contributed by atoms with Gasteiger partial charge < -0.3 is 15.4 Å². The summed E-state index contributed by atoms with van der Waals surface area (Å²) >= 11 is 0. The van der Waals surface area contributed by atoms with Crippen molar-refractivity contribution in [1.29, 1.82) is 0 Å². The number of anilines is 2. The standard InChI is InChI=1S/C25H22F4N2O3/c1-2-34-20-11-3-16(4-12-20)5-14-23(32)31-22-13-10-19(15-21(22)25(27,28)29)30-24(33)17-6-8-18(26)9-7-17/h3-4,6-13,15H,2,5,14H2,1H3,(H,30,33)(H,31,32). The molecule has 3 rings (SSSR count). The molecule has 0 spiro atoms. The van der Waals surface area contributed by atoms with E-state index in [2.05, 4.69) is 10.6 Å². The molecule has 3 aromatic carbocycles. The fourth-order valence-corrected chi connectivity index (χ4v) is 3.16. The van der Waals surface area contributed by atoms with Gasteiger partial charge in [-0.05, 0) is 73.5 Å². The number of ether oxygens (including phenoxy) is 1. The highest BCUT2D eigenvalue weighted by Crippen LogP contribution is 2.36. The van der Waals surface area contributed by atoms with Crippen LogP contribution in [-0.4, -0.2) is 18.4 Å². The molecule has 2 N–H and O–H groups in total. The van der Waals surface area contributed by atoms with Crippen molar-refractivity contribution in [3.05, 3.63) is 89.2 Å². The molecule has 0 aromatic heterocycles. The number of halogens is 4. The van der Waals surface area contributed by atoms with E-state index in [1.807, 2.05) is 6.92 Å². The van der Waals surface area contributed by atoms with Crippen LogP contribution in [0.15, 0.2) is 66.7 Å². The van der Waals surface area contributed by atoms with Crippen molar-refractivity contribution in [2.24, 2.45) is 0 Å². The van der Waals surface area contributed by atoms with Crippen LogP contribution in [0.5, 0.6) is 5.75 Å². The Hall–Kier alpha value is -3.88. The first-order chi connectivity index (χ1) is 16.2. The summed E-state index contributed by atoms with van der Waals surface area (Å²) in [5, 5.41) is 4.65. The van der Waals surface area contributed by atoms with Gasteiger partial charge in [0.25, 0.3) is 5.91 Å². The zero-order valence-electron chi connectivity index (χ0n) is 18.2. The number of aryl methyl sites for hydroxylation is 1. The van der Waals surface area contributed by atoms with Crippen LogP contribution in [0, 0.1) is 5.82 Å². The average Bonchev–Trinajstić information content (AvgIpc) is 2.79. The third-order valence-electron chi connectivity index (χ3n) is 4.84. The Morgan fingerprint density at radius 1 is 0.912 bits per heavy atom. The summed E-state index contributed by atoms with van der Waals surface area (Å²) < 4.78 is 59.2. The Balaban J connectivity index is 1.67. The minimum Gasteiger partial charge on any atom is -0.494 e. The molecule has 0 aliphatic carbocycles. The fourth-order valence-electron chi connectivity index (χ4n) is 3.16. The van der Waals surface area contributed by atoms with Gasteiger partial charge in [-0.3, -0.25) is 9.59 Å². The van der Waals surface area contributed by atoms with Crippen LogP contribution in [0.3, 0.4) is 0 Å². The van der Waals surface area contributed by atoms with E-state index in [0.717, 1.165) is 29.8 Å². The summed E-state index contributed by atoms with van der Waals surface area (Å²) in [7, 11) is 0. The fraction of sp³-hybridized carbons (Fsp3) is 0.200. The van der Waals surface area contributed by atoms with Crippen LogP contribution >= 0.6 is 0 Å². The maximum atomic E-state index is 13.6. The highest BCUT2D eigenvalue weighted by Gasteiger charge is 2.34. The van der Waals surface area contributed by atoms with Gasteiger partial charge in [0, 0.05) is 17.7 Å². The van der Waals surface area contributed by atoms with Crippen LogP contribution in [-0.2, 0) is 17.4 Å². The number of nitrogens with one attached hydrogen (secondary N) is 2. The molecule has 178 valence electrons. The third-order valence-corrected chi connectivity index (χ3v) is 4.84. The quantitative estimate of drug-likeness (QED) is 0.390. The topological polar surface area (TPSA) is 67.4 Å². The molecule has 0 bridgehead atoms. The summed E-state index contributed by atoms with van der Waals surface area (Å²) in [5.74, 6) is -1.13. The number of benzene rings is 3. The van der Waals surface area contributed by atoms with Crippen molar-refractivity contribution >= 4 is 23.2 Å². The molecule has 9 heteroatoms. The summed E-state index contributed by atoms with van der Waals surface area (Å²) in [6.07, 6.45) is -4.45. The van der Waals surface area contributed by atoms with Gasteiger partial charge >= 0.3 is 6.18 Å². The monoisotopic (exact) mass is 474 g/mol. The second kappa shape index (κ2) is 10.8. The van der Waals surface area contributed by atoms with Gasteiger partial charge in [-0.1, -0.05) is 12.1 Å². The molecule has 0 fully saturated rings. The minimum atomic E-state index is -4.77. The number of hydrogen-bond acceptors (Lipinski definition) is 3. The molecular formula is C25H22F4N2O3. The highest BCUT2D eigenvalue weighted by atomic mass is 19.4. The van der Waals surface area contributed by atoms with E-state index in [0.29, 0.717) is 18.8 Å². The van der Waals surface area contributed by atoms with Crippen LogP contribution in [0.25, 0.3) is 0 Å². The second-order valence-corrected chi connectivity index (χ2v) is 7.34. The maximum Gasteiger partial charge on any atom is 0.418 e. The SMILES string of the molecule is CCOc1ccc(CCC(=O)Nc2ccc(NC(=O)c3ccc(F)cc3)cc2C(F)(F)F)cc1. The van der Waals surface area contributed by atoms with Crippen molar-refractivity contribution in [3.8, 4) is 5.75 Å². The minimum absolute atomic E-state index is 0.0195. The molecule has 34 heavy (non-hydrogen) atoms. The first kappa shape index (κ1) is 24.8. The normalized spacial score (nSPS) is 11.1. The zero-order valence-corrected chi connectivity index (χ0v) is 18.2. The van der Waals surface area contributed by atoms with Crippen molar-refractivity contribution in [3.63, 3.8) is 0 Å². The predicted octanol–water partition coefficient (Wildman–Crippen LogP) is 6.07. The van der Waals surface area contributed by atoms with Crippen molar-refractivity contribution in [1.82, 2.24) is 0 Å². The Labute approximate surface area is 193 Å². The van der Waals surface area contributed by atoms with Crippen molar-refractivity contribution < 1.29 is 31.9 Å². The Kier molecular flexibility index (Phi) is 7.88. The lowest BCUT2D eigenvalue weighted by Crippen LogP contribution is -2.18. The maximum absolute atomic E-state index is 13.6. The summed E-state index contributed by atoms with van der Waals surface area (Å²) in [4.78, 5) is 24.5. The molecule has 2 amide bonds. The Morgan fingerprint density at radius 3 is 2.21 bits per heavy atom. The Morgan fingerprint density at radius 2 is 1.59 bits per heavy atom. The summed E-state index contributed by atoms with van der Waals surface area (Å²) in [6.45, 7) is 2.39. The van der Waals surface area contributed by atoms with Gasteiger partial charge in [-0.15, -0.1) is 0 Å². The molecule has 0 aliphatic rings. The molecule has 0 saturated carbocycles. The van der Waals surface area contributed by atoms with Gasteiger partial charge in [0.05, 0.1) is 17.9 Å². The molecule has 0 heterocycles. The van der Waals surface area contributed by atoms with Crippen LogP contribution in [0.4, 0.5) is 28.9 Å². The van der Waals surface area contributed by atoms with E-state index in [-0.39, 0.29) is 17.7 Å². The van der Waals surface area contributed by atoms with Crippen LogP contribution in [0.2, 0.25) is 0 Å². The van der Waals surface area contributed by atoms with Crippen molar-refractivity contribution in [2.45, 2.75) is 25.9 Å². The number of alkyl halides is 3. The van der Waals surface area contributed by atoms with Gasteiger partial charge in [-0.25, -0.2) is 4.39 Å². The van der Waals surface area contributed by atoms with E-state index < -0.39 is 35.1 Å². The van der Waals surface area contributed by atoms with E-state index in [9.17, 15) is 27.2 Å². The molecule has 0 radical (unpaired) electrons. The molecule has 5 nitrogen and oxygen atoms in total. The molecule has 0 atom stereocenters. The second-order valence-electron chi connectivity index (χ2n) is 7.34. The first-order valence-corrected chi connectivity index (χ1v) is 10.5. The molecule has 3 aromatic rings. The summed E-state index contributed by atoms with van der Waals surface area (Å²) in [6, 6.07) is 14.7. The van der Waals surface area contributed by atoms with E-state index in [1.165, 1.54) is 18.2 Å². The largest absolute Gasteiger partial charge is 0.494 e. The molecular weight excluding hydrogens is 452 g/mol. The van der Waals surface area contributed by atoms with Gasteiger partial charge in [0.1, 0.15) is 11.6 Å². The number of amides is 2. The predicted molar refractivity (Wildman–Crippen MR) is 120 cm³/mol.